The summed E-state index contributed by atoms with van der Waals surface area (Å²) in [4.78, 5) is 4.16. The van der Waals surface area contributed by atoms with E-state index in [1.54, 1.807) is 12.3 Å². The second-order valence-electron chi connectivity index (χ2n) is 3.33. The second kappa shape index (κ2) is 4.07. The first-order chi connectivity index (χ1) is 6.34. The Morgan fingerprint density at radius 3 is 3.00 bits per heavy atom. The summed E-state index contributed by atoms with van der Waals surface area (Å²) < 4.78 is 5.60. The largest absolute Gasteiger partial charge is 0.372 e. The Bertz CT molecular complexity index is 286. The second-order valence-corrected chi connectivity index (χ2v) is 3.77. The molecule has 2 nitrogen and oxygen atoms in total. The number of nitrogens with zero attached hydrogens (tertiary/aromatic N) is 1. The highest BCUT2D eigenvalue weighted by Crippen LogP contribution is 2.23. The first-order valence-electron chi connectivity index (χ1n) is 4.56. The lowest BCUT2D eigenvalue weighted by Gasteiger charge is -2.25. The van der Waals surface area contributed by atoms with Gasteiger partial charge < -0.3 is 4.74 Å². The van der Waals surface area contributed by atoms with Crippen LogP contribution in [-0.2, 0) is 11.3 Å². The van der Waals surface area contributed by atoms with Crippen molar-refractivity contribution in [1.82, 2.24) is 4.98 Å². The summed E-state index contributed by atoms with van der Waals surface area (Å²) in [5, 5.41) is 0.724. The molecule has 1 saturated carbocycles. The Labute approximate surface area is 82.9 Å². The van der Waals surface area contributed by atoms with Crippen molar-refractivity contribution in [3.8, 4) is 0 Å². The Kier molecular flexibility index (Phi) is 2.81. The van der Waals surface area contributed by atoms with Crippen molar-refractivity contribution < 1.29 is 4.74 Å². The number of ether oxygens (including phenoxy) is 1. The summed E-state index contributed by atoms with van der Waals surface area (Å²) in [6, 6.07) is 3.62. The van der Waals surface area contributed by atoms with E-state index in [-0.39, 0.29) is 0 Å². The highest BCUT2D eigenvalue weighted by Gasteiger charge is 2.17. The van der Waals surface area contributed by atoms with Crippen LogP contribution in [0.15, 0.2) is 18.3 Å². The molecule has 0 amide bonds. The molecule has 0 aliphatic heterocycles. The van der Waals surface area contributed by atoms with Crippen LogP contribution in [0.2, 0.25) is 5.02 Å². The summed E-state index contributed by atoms with van der Waals surface area (Å²) in [5.41, 5.74) is 0.916. The van der Waals surface area contributed by atoms with Gasteiger partial charge in [0.05, 0.1) is 18.4 Å². The Morgan fingerprint density at radius 1 is 1.54 bits per heavy atom. The Hall–Kier alpha value is -0.600. The molecule has 1 heterocycles. The fourth-order valence-electron chi connectivity index (χ4n) is 1.27. The molecule has 1 fully saturated rings. The number of rotatable bonds is 3. The molecule has 13 heavy (non-hydrogen) atoms. The molecule has 0 N–H and O–H groups in total. The van der Waals surface area contributed by atoms with Crippen LogP contribution in [0, 0.1) is 0 Å². The molecule has 1 aliphatic rings. The zero-order chi connectivity index (χ0) is 9.10. The molecule has 1 aromatic rings. The van der Waals surface area contributed by atoms with E-state index in [1.165, 1.54) is 19.3 Å². The van der Waals surface area contributed by atoms with Gasteiger partial charge in [0.1, 0.15) is 0 Å². The van der Waals surface area contributed by atoms with Crippen LogP contribution in [0.1, 0.15) is 25.0 Å². The minimum atomic E-state index is 0.459. The molecule has 0 bridgehead atoms. The molecule has 1 aromatic heterocycles. The molecular weight excluding hydrogens is 186 g/mol. The van der Waals surface area contributed by atoms with Gasteiger partial charge in [-0.15, -0.1) is 0 Å². The molecule has 70 valence electrons. The number of halogens is 1. The summed E-state index contributed by atoms with van der Waals surface area (Å²) in [7, 11) is 0. The fourth-order valence-corrected chi connectivity index (χ4v) is 1.45. The van der Waals surface area contributed by atoms with Gasteiger partial charge in [-0.25, -0.2) is 0 Å². The predicted molar refractivity (Wildman–Crippen MR) is 51.7 cm³/mol. The maximum Gasteiger partial charge on any atom is 0.0892 e. The standard InChI is InChI=1S/C10H12ClNO/c11-8-4-5-12-9(6-8)7-13-10-2-1-3-10/h4-6,10H,1-3,7H2. The van der Waals surface area contributed by atoms with Gasteiger partial charge in [0.25, 0.3) is 0 Å². The fraction of sp³-hybridized carbons (Fsp3) is 0.500. The van der Waals surface area contributed by atoms with E-state index in [4.69, 9.17) is 16.3 Å². The van der Waals surface area contributed by atoms with Gasteiger partial charge in [-0.2, -0.15) is 0 Å². The van der Waals surface area contributed by atoms with E-state index in [9.17, 15) is 0 Å². The monoisotopic (exact) mass is 197 g/mol. The molecule has 0 saturated heterocycles. The van der Waals surface area contributed by atoms with E-state index in [0.29, 0.717) is 12.7 Å². The van der Waals surface area contributed by atoms with Crippen LogP contribution < -0.4 is 0 Å². The van der Waals surface area contributed by atoms with Gasteiger partial charge in [-0.3, -0.25) is 4.98 Å². The SMILES string of the molecule is Clc1ccnc(COC2CCC2)c1. The Morgan fingerprint density at radius 2 is 2.38 bits per heavy atom. The summed E-state index contributed by atoms with van der Waals surface area (Å²) in [5.74, 6) is 0. The minimum absolute atomic E-state index is 0.459. The molecule has 0 aromatic carbocycles. The van der Waals surface area contributed by atoms with Crippen molar-refractivity contribution in [2.45, 2.75) is 32.0 Å². The zero-order valence-electron chi connectivity index (χ0n) is 7.37. The van der Waals surface area contributed by atoms with E-state index in [1.807, 2.05) is 6.07 Å². The quantitative estimate of drug-likeness (QED) is 0.744. The van der Waals surface area contributed by atoms with Gasteiger partial charge in [0.2, 0.25) is 0 Å². The first-order valence-corrected chi connectivity index (χ1v) is 4.94. The normalized spacial score (nSPS) is 17.0. The van der Waals surface area contributed by atoms with E-state index in [2.05, 4.69) is 4.98 Å². The molecular formula is C10H12ClNO. The third kappa shape index (κ3) is 2.42. The van der Waals surface area contributed by atoms with Gasteiger partial charge in [-0.1, -0.05) is 11.6 Å². The molecule has 2 rings (SSSR count). The van der Waals surface area contributed by atoms with E-state index >= 15 is 0 Å². The molecule has 0 radical (unpaired) electrons. The summed E-state index contributed by atoms with van der Waals surface area (Å²) in [6.45, 7) is 0.589. The van der Waals surface area contributed by atoms with Crippen LogP contribution in [0.5, 0.6) is 0 Å². The average molecular weight is 198 g/mol. The number of pyridine rings is 1. The van der Waals surface area contributed by atoms with Crippen LogP contribution in [-0.4, -0.2) is 11.1 Å². The molecule has 0 atom stereocenters. The number of aromatic nitrogens is 1. The lowest BCUT2D eigenvalue weighted by molar-refractivity contribution is -0.0101. The van der Waals surface area contributed by atoms with Crippen LogP contribution in [0.25, 0.3) is 0 Å². The zero-order valence-corrected chi connectivity index (χ0v) is 8.13. The number of hydrogen-bond donors (Lipinski definition) is 0. The van der Waals surface area contributed by atoms with Crippen molar-refractivity contribution in [2.24, 2.45) is 0 Å². The molecule has 0 unspecified atom stereocenters. The molecule has 3 heteroatoms. The van der Waals surface area contributed by atoms with Crippen LogP contribution in [0.4, 0.5) is 0 Å². The maximum atomic E-state index is 5.81. The summed E-state index contributed by atoms with van der Waals surface area (Å²) in [6.07, 6.45) is 5.86. The smallest absolute Gasteiger partial charge is 0.0892 e. The predicted octanol–water partition coefficient (Wildman–Crippen LogP) is 2.80. The number of hydrogen-bond acceptors (Lipinski definition) is 2. The van der Waals surface area contributed by atoms with Crippen molar-refractivity contribution in [1.29, 1.82) is 0 Å². The highest BCUT2D eigenvalue weighted by molar-refractivity contribution is 6.30. The topological polar surface area (TPSA) is 22.1 Å². The van der Waals surface area contributed by atoms with Gasteiger partial charge in [-0.05, 0) is 31.4 Å². The Balaban J connectivity index is 1.86. The minimum Gasteiger partial charge on any atom is -0.372 e. The van der Waals surface area contributed by atoms with Crippen molar-refractivity contribution in [3.63, 3.8) is 0 Å². The van der Waals surface area contributed by atoms with Crippen molar-refractivity contribution in [2.75, 3.05) is 0 Å². The van der Waals surface area contributed by atoms with Gasteiger partial charge >= 0.3 is 0 Å². The highest BCUT2D eigenvalue weighted by atomic mass is 35.5. The van der Waals surface area contributed by atoms with E-state index in [0.717, 1.165) is 10.7 Å². The van der Waals surface area contributed by atoms with E-state index < -0.39 is 0 Å². The average Bonchev–Trinajstić information content (AvgIpc) is 2.01. The molecule has 1 aliphatic carbocycles. The van der Waals surface area contributed by atoms with Gasteiger partial charge in [0, 0.05) is 11.2 Å². The van der Waals surface area contributed by atoms with Gasteiger partial charge in [0.15, 0.2) is 0 Å². The third-order valence-electron chi connectivity index (χ3n) is 2.30. The molecule has 0 spiro atoms. The lowest BCUT2D eigenvalue weighted by Crippen LogP contribution is -2.21. The third-order valence-corrected chi connectivity index (χ3v) is 2.53. The van der Waals surface area contributed by atoms with Crippen LogP contribution in [0.3, 0.4) is 0 Å². The van der Waals surface area contributed by atoms with Crippen LogP contribution >= 0.6 is 11.6 Å². The first kappa shape index (κ1) is 8.97. The van der Waals surface area contributed by atoms with Crippen molar-refractivity contribution in [3.05, 3.63) is 29.0 Å². The van der Waals surface area contributed by atoms with Crippen molar-refractivity contribution >= 4 is 11.6 Å². The lowest BCUT2D eigenvalue weighted by atomic mass is 9.96. The maximum absolute atomic E-state index is 5.81. The summed E-state index contributed by atoms with van der Waals surface area (Å²) >= 11 is 5.81.